The second-order valence-corrected chi connectivity index (χ2v) is 9.65. The third-order valence-electron chi connectivity index (χ3n) is 4.32. The molecule has 0 fully saturated rings. The second kappa shape index (κ2) is 9.75. The van der Waals surface area contributed by atoms with Gasteiger partial charge in [-0.15, -0.1) is 11.3 Å². The van der Waals surface area contributed by atoms with Crippen molar-refractivity contribution in [3.63, 3.8) is 0 Å². The Kier molecular flexibility index (Phi) is 7.06. The summed E-state index contributed by atoms with van der Waals surface area (Å²) in [5.41, 5.74) is 1.30. The molecule has 10 heteroatoms. The van der Waals surface area contributed by atoms with Crippen molar-refractivity contribution in [2.24, 2.45) is 0 Å². The summed E-state index contributed by atoms with van der Waals surface area (Å²) < 4.78 is 32.3. The van der Waals surface area contributed by atoms with Crippen LogP contribution in [0, 0.1) is 0 Å². The van der Waals surface area contributed by atoms with Crippen LogP contribution in [0.1, 0.15) is 34.6 Å². The monoisotopic (exact) mass is 472 g/mol. The van der Waals surface area contributed by atoms with Crippen LogP contribution in [0.2, 0.25) is 0 Å². The van der Waals surface area contributed by atoms with E-state index in [0.29, 0.717) is 11.3 Å². The lowest BCUT2D eigenvalue weighted by Crippen LogP contribution is -2.30. The molecule has 0 radical (unpaired) electrons. The molecule has 0 aliphatic heterocycles. The summed E-state index contributed by atoms with van der Waals surface area (Å²) in [6, 6.07) is 15.2. The maximum atomic E-state index is 12.4. The summed E-state index contributed by atoms with van der Waals surface area (Å²) in [5, 5.41) is 4.26. The zero-order valence-corrected chi connectivity index (χ0v) is 18.8. The molecule has 1 aromatic heterocycles. The first-order chi connectivity index (χ1) is 15.2. The molecule has 0 aliphatic carbocycles. The highest BCUT2D eigenvalue weighted by molar-refractivity contribution is 7.94. The summed E-state index contributed by atoms with van der Waals surface area (Å²) in [5.74, 6) is -1.43. The molecule has 1 amide bonds. The number of ether oxygens (including phenoxy) is 1. The number of carbonyl (C=O) groups excluding carboxylic acids is 3. The van der Waals surface area contributed by atoms with Gasteiger partial charge in [0.1, 0.15) is 4.21 Å². The first-order valence-electron chi connectivity index (χ1n) is 9.45. The molecule has 2 N–H and O–H groups in total. The van der Waals surface area contributed by atoms with Crippen LogP contribution in [0.15, 0.2) is 70.3 Å². The van der Waals surface area contributed by atoms with Gasteiger partial charge in [-0.3, -0.25) is 14.3 Å². The van der Waals surface area contributed by atoms with Gasteiger partial charge in [-0.05, 0) is 61.7 Å². The summed E-state index contributed by atoms with van der Waals surface area (Å²) in [6.45, 7) is 2.84. The fraction of sp³-hybridized carbons (Fsp3) is 0.136. The van der Waals surface area contributed by atoms with Crippen LogP contribution in [0.3, 0.4) is 0 Å². The van der Waals surface area contributed by atoms with Crippen molar-refractivity contribution in [1.82, 2.24) is 0 Å². The minimum atomic E-state index is -3.69. The van der Waals surface area contributed by atoms with Gasteiger partial charge in [-0.1, -0.05) is 18.2 Å². The van der Waals surface area contributed by atoms with E-state index in [1.807, 2.05) is 0 Å². The van der Waals surface area contributed by atoms with E-state index in [9.17, 15) is 22.8 Å². The second-order valence-electron chi connectivity index (χ2n) is 6.79. The summed E-state index contributed by atoms with van der Waals surface area (Å²) in [6.07, 6.45) is -1.10. The molecule has 1 atom stereocenters. The number of benzene rings is 2. The molecule has 3 rings (SSSR count). The first kappa shape index (κ1) is 23.2. The highest BCUT2D eigenvalue weighted by Crippen LogP contribution is 2.21. The van der Waals surface area contributed by atoms with E-state index in [4.69, 9.17) is 4.74 Å². The quantitative estimate of drug-likeness (QED) is 0.379. The Morgan fingerprint density at radius 3 is 2.28 bits per heavy atom. The number of thiophene rings is 1. The fourth-order valence-electron chi connectivity index (χ4n) is 2.64. The topological polar surface area (TPSA) is 119 Å². The lowest BCUT2D eigenvalue weighted by molar-refractivity contribution is -0.123. The zero-order valence-electron chi connectivity index (χ0n) is 17.2. The number of esters is 1. The number of sulfonamides is 1. The van der Waals surface area contributed by atoms with Gasteiger partial charge >= 0.3 is 5.97 Å². The maximum Gasteiger partial charge on any atom is 0.338 e. The molecule has 0 saturated carbocycles. The number of carbonyl (C=O) groups is 3. The Balaban J connectivity index is 1.59. The lowest BCUT2D eigenvalue weighted by Gasteiger charge is -2.14. The smallest absolute Gasteiger partial charge is 0.338 e. The van der Waals surface area contributed by atoms with Gasteiger partial charge in [0.2, 0.25) is 0 Å². The Labute approximate surface area is 189 Å². The van der Waals surface area contributed by atoms with Crippen molar-refractivity contribution in [3.05, 3.63) is 77.2 Å². The number of amides is 1. The maximum absolute atomic E-state index is 12.4. The highest BCUT2D eigenvalue weighted by Gasteiger charge is 2.20. The van der Waals surface area contributed by atoms with E-state index in [2.05, 4.69) is 10.0 Å². The Hall–Kier alpha value is -3.50. The molecule has 32 heavy (non-hydrogen) atoms. The van der Waals surface area contributed by atoms with Crippen LogP contribution < -0.4 is 10.0 Å². The van der Waals surface area contributed by atoms with Crippen LogP contribution in [-0.4, -0.2) is 32.2 Å². The lowest BCUT2D eigenvalue weighted by atomic mass is 10.1. The summed E-state index contributed by atoms with van der Waals surface area (Å²) in [7, 11) is -3.69. The number of hydrogen-bond acceptors (Lipinski definition) is 7. The van der Waals surface area contributed by atoms with E-state index in [1.54, 1.807) is 29.6 Å². The fourth-order valence-corrected chi connectivity index (χ4v) is 4.69. The molecule has 1 heterocycles. The summed E-state index contributed by atoms with van der Waals surface area (Å²) >= 11 is 1.09. The molecule has 0 unspecified atom stereocenters. The molecular weight excluding hydrogens is 452 g/mol. The van der Waals surface area contributed by atoms with Crippen LogP contribution in [0.4, 0.5) is 11.4 Å². The normalized spacial score (nSPS) is 11.9. The van der Waals surface area contributed by atoms with E-state index in [-0.39, 0.29) is 21.2 Å². The predicted molar refractivity (Wildman–Crippen MR) is 122 cm³/mol. The third-order valence-corrected chi connectivity index (χ3v) is 7.10. The zero-order chi connectivity index (χ0) is 23.3. The van der Waals surface area contributed by atoms with Crippen LogP contribution in [0.25, 0.3) is 0 Å². The van der Waals surface area contributed by atoms with Crippen molar-refractivity contribution in [3.8, 4) is 0 Å². The van der Waals surface area contributed by atoms with Gasteiger partial charge in [0.25, 0.3) is 15.9 Å². The largest absolute Gasteiger partial charge is 0.449 e. The first-order valence-corrected chi connectivity index (χ1v) is 11.8. The SMILES string of the molecule is CC(=O)c1cccc(NC(=O)[C@H](C)OC(=O)c2ccc(NS(=O)(=O)c3cccs3)cc2)c1. The van der Waals surface area contributed by atoms with Gasteiger partial charge < -0.3 is 10.1 Å². The van der Waals surface area contributed by atoms with Crippen molar-refractivity contribution in [2.75, 3.05) is 10.0 Å². The number of nitrogens with one attached hydrogen (secondary N) is 2. The molecule has 0 aliphatic rings. The average Bonchev–Trinajstić information content (AvgIpc) is 3.30. The van der Waals surface area contributed by atoms with Gasteiger partial charge in [0.05, 0.1) is 5.56 Å². The van der Waals surface area contributed by atoms with Crippen LogP contribution in [0.5, 0.6) is 0 Å². The van der Waals surface area contributed by atoms with Crippen molar-refractivity contribution in [1.29, 1.82) is 0 Å². The van der Waals surface area contributed by atoms with Crippen LogP contribution in [-0.2, 0) is 19.6 Å². The molecule has 0 saturated heterocycles. The molecule has 2 aromatic carbocycles. The average molecular weight is 473 g/mol. The van der Waals surface area contributed by atoms with Gasteiger partial charge in [0.15, 0.2) is 11.9 Å². The van der Waals surface area contributed by atoms with Crippen molar-refractivity contribution < 1.29 is 27.5 Å². The standard InChI is InChI=1S/C22H20N2O6S2/c1-14(25)17-5-3-6-19(13-17)23-21(26)15(2)30-22(27)16-8-10-18(11-9-16)24-32(28,29)20-7-4-12-31-20/h3-13,15,24H,1-2H3,(H,23,26)/t15-/m0/s1. The number of rotatable bonds is 8. The third kappa shape index (κ3) is 5.80. The van der Waals surface area contributed by atoms with E-state index < -0.39 is 28.0 Å². The molecule has 0 spiro atoms. The molecule has 0 bridgehead atoms. The van der Waals surface area contributed by atoms with Crippen molar-refractivity contribution in [2.45, 2.75) is 24.2 Å². The number of Topliss-reactive ketones (excluding diaryl/α,β-unsaturated/α-hetero) is 1. The van der Waals surface area contributed by atoms with Crippen molar-refractivity contribution >= 4 is 50.4 Å². The minimum Gasteiger partial charge on any atom is -0.449 e. The van der Waals surface area contributed by atoms with Crippen LogP contribution >= 0.6 is 11.3 Å². The number of ketones is 1. The van der Waals surface area contributed by atoms with E-state index in [1.165, 1.54) is 50.2 Å². The van der Waals surface area contributed by atoms with Gasteiger partial charge in [-0.25, -0.2) is 13.2 Å². The van der Waals surface area contributed by atoms with Gasteiger partial charge in [-0.2, -0.15) is 0 Å². The number of anilines is 2. The minimum absolute atomic E-state index is 0.137. The van der Waals surface area contributed by atoms with E-state index in [0.717, 1.165) is 11.3 Å². The molecule has 166 valence electrons. The Bertz CT molecular complexity index is 1240. The number of hydrogen-bond donors (Lipinski definition) is 2. The highest BCUT2D eigenvalue weighted by atomic mass is 32.2. The molecule has 8 nitrogen and oxygen atoms in total. The predicted octanol–water partition coefficient (Wildman–Crippen LogP) is 3.94. The Morgan fingerprint density at radius 2 is 1.66 bits per heavy atom. The molecule has 3 aromatic rings. The molecular formula is C22H20N2O6S2. The summed E-state index contributed by atoms with van der Waals surface area (Å²) in [4.78, 5) is 36.2. The van der Waals surface area contributed by atoms with E-state index >= 15 is 0 Å². The van der Waals surface area contributed by atoms with Gasteiger partial charge in [0, 0.05) is 16.9 Å². The Morgan fingerprint density at radius 1 is 0.938 bits per heavy atom.